The van der Waals surface area contributed by atoms with Crippen LogP contribution in [0.15, 0.2) is 78.0 Å². The summed E-state index contributed by atoms with van der Waals surface area (Å²) in [6.45, 7) is 0. The van der Waals surface area contributed by atoms with Crippen molar-refractivity contribution >= 4 is 32.4 Å². The highest BCUT2D eigenvalue weighted by molar-refractivity contribution is 7.90. The zero-order valence-electron chi connectivity index (χ0n) is 16.5. The Bertz CT molecular complexity index is 1370. The molecule has 0 unspecified atom stereocenters. The minimum Gasteiger partial charge on any atom is -0.497 e. The summed E-state index contributed by atoms with van der Waals surface area (Å²) in [4.78, 5) is 3.92. The molecule has 0 fully saturated rings. The SMILES string of the molecule is COc1ccc(Nc2cc3c(ccn3S(=O)(=O)c3cccc(OC(F)(F)F)c3)cn2)cc1. The topological polar surface area (TPSA) is 82.5 Å². The molecule has 4 rings (SSSR count). The molecule has 0 radical (unpaired) electrons. The molecular formula is C21H16F3N3O4S. The number of nitrogens with zero attached hydrogens (tertiary/aromatic N) is 2. The van der Waals surface area contributed by atoms with Crippen LogP contribution in [0.3, 0.4) is 0 Å². The highest BCUT2D eigenvalue weighted by Gasteiger charge is 2.31. The van der Waals surface area contributed by atoms with Crippen LogP contribution < -0.4 is 14.8 Å². The fourth-order valence-corrected chi connectivity index (χ4v) is 4.43. The predicted octanol–water partition coefficient (Wildman–Crippen LogP) is 4.92. The van der Waals surface area contributed by atoms with Gasteiger partial charge in [-0.3, -0.25) is 0 Å². The van der Waals surface area contributed by atoms with Gasteiger partial charge in [-0.25, -0.2) is 17.4 Å². The summed E-state index contributed by atoms with van der Waals surface area (Å²) in [7, 11) is -2.65. The van der Waals surface area contributed by atoms with E-state index in [9.17, 15) is 21.6 Å². The maximum atomic E-state index is 13.1. The second-order valence-corrected chi connectivity index (χ2v) is 8.44. The van der Waals surface area contributed by atoms with Crippen LogP contribution in [0.4, 0.5) is 24.7 Å². The number of pyridine rings is 1. The average molecular weight is 463 g/mol. The fraction of sp³-hybridized carbons (Fsp3) is 0.0952. The lowest BCUT2D eigenvalue weighted by atomic mass is 10.3. The van der Waals surface area contributed by atoms with Gasteiger partial charge in [0.05, 0.1) is 17.5 Å². The van der Waals surface area contributed by atoms with Gasteiger partial charge >= 0.3 is 6.36 Å². The first-order valence-corrected chi connectivity index (χ1v) is 10.6. The first kappa shape index (κ1) is 21.5. The molecule has 0 saturated carbocycles. The number of fused-ring (bicyclic) bond motifs is 1. The first-order valence-electron chi connectivity index (χ1n) is 9.15. The van der Waals surface area contributed by atoms with Crippen LogP contribution in [0.25, 0.3) is 10.9 Å². The van der Waals surface area contributed by atoms with E-state index in [0.29, 0.717) is 28.2 Å². The number of hydrogen-bond donors (Lipinski definition) is 1. The van der Waals surface area contributed by atoms with E-state index in [2.05, 4.69) is 15.0 Å². The molecular weight excluding hydrogens is 447 g/mol. The van der Waals surface area contributed by atoms with E-state index in [4.69, 9.17) is 4.74 Å². The van der Waals surface area contributed by atoms with E-state index in [1.54, 1.807) is 37.4 Å². The van der Waals surface area contributed by atoms with Crippen LogP contribution in [0.1, 0.15) is 0 Å². The number of methoxy groups -OCH3 is 1. The molecule has 0 spiro atoms. The Labute approximate surface area is 181 Å². The third-order valence-corrected chi connectivity index (χ3v) is 6.18. The Kier molecular flexibility index (Phi) is 5.43. The molecule has 0 aliphatic rings. The normalized spacial score (nSPS) is 12.0. The molecule has 0 bridgehead atoms. The fourth-order valence-electron chi connectivity index (χ4n) is 3.05. The van der Waals surface area contributed by atoms with Crippen LogP contribution in [-0.4, -0.2) is 30.8 Å². The molecule has 0 amide bonds. The van der Waals surface area contributed by atoms with Gasteiger partial charge < -0.3 is 14.8 Å². The first-order chi connectivity index (χ1) is 15.2. The Morgan fingerprint density at radius 3 is 2.44 bits per heavy atom. The average Bonchev–Trinajstić information content (AvgIpc) is 3.17. The van der Waals surface area contributed by atoms with Crippen LogP contribution in [-0.2, 0) is 10.0 Å². The van der Waals surface area contributed by atoms with Gasteiger partial charge in [-0.05, 0) is 42.5 Å². The van der Waals surface area contributed by atoms with E-state index in [1.807, 2.05) is 0 Å². The number of ether oxygens (including phenoxy) is 2. The number of nitrogens with one attached hydrogen (secondary N) is 1. The highest BCUT2D eigenvalue weighted by Crippen LogP contribution is 2.29. The summed E-state index contributed by atoms with van der Waals surface area (Å²) in [6.07, 6.45) is -2.12. The van der Waals surface area contributed by atoms with Crippen molar-refractivity contribution in [2.45, 2.75) is 11.3 Å². The Morgan fingerprint density at radius 1 is 1.00 bits per heavy atom. The molecule has 7 nitrogen and oxygen atoms in total. The molecule has 2 aromatic carbocycles. The standard InChI is InChI=1S/C21H16F3N3O4S/c1-30-16-7-5-15(6-8-16)26-20-12-19-14(13-25-20)9-10-27(19)32(28,29)18-4-2-3-17(11-18)31-21(22,23)24/h2-13H,1H3,(H,25,26). The second-order valence-electron chi connectivity index (χ2n) is 6.62. The lowest BCUT2D eigenvalue weighted by molar-refractivity contribution is -0.274. The van der Waals surface area contributed by atoms with Crippen LogP contribution in [0.2, 0.25) is 0 Å². The molecule has 0 saturated heterocycles. The van der Waals surface area contributed by atoms with Gasteiger partial charge in [0.15, 0.2) is 0 Å². The highest BCUT2D eigenvalue weighted by atomic mass is 32.2. The van der Waals surface area contributed by atoms with Gasteiger partial charge in [0, 0.05) is 35.6 Å². The third kappa shape index (κ3) is 4.47. The number of hydrogen-bond acceptors (Lipinski definition) is 6. The maximum absolute atomic E-state index is 13.1. The molecule has 2 aromatic heterocycles. The van der Waals surface area contributed by atoms with Crippen molar-refractivity contribution in [1.29, 1.82) is 0 Å². The van der Waals surface area contributed by atoms with Crippen molar-refractivity contribution in [3.05, 3.63) is 73.1 Å². The molecule has 2 heterocycles. The van der Waals surface area contributed by atoms with E-state index in [1.165, 1.54) is 30.6 Å². The van der Waals surface area contributed by atoms with Crippen LogP contribution in [0, 0.1) is 0 Å². The molecule has 0 aliphatic heterocycles. The summed E-state index contributed by atoms with van der Waals surface area (Å²) < 4.78 is 73.8. The Hall–Kier alpha value is -3.73. The van der Waals surface area contributed by atoms with E-state index >= 15 is 0 Å². The maximum Gasteiger partial charge on any atom is 0.573 e. The molecule has 166 valence electrons. The van der Waals surface area contributed by atoms with Gasteiger partial charge in [0.1, 0.15) is 17.3 Å². The summed E-state index contributed by atoms with van der Waals surface area (Å²) in [5.41, 5.74) is 1.01. The largest absolute Gasteiger partial charge is 0.573 e. The molecule has 11 heteroatoms. The van der Waals surface area contributed by atoms with E-state index in [-0.39, 0.29) is 4.90 Å². The summed E-state index contributed by atoms with van der Waals surface area (Å²) in [5.74, 6) is 0.432. The Balaban J connectivity index is 1.69. The van der Waals surface area contributed by atoms with Crippen molar-refractivity contribution < 1.29 is 31.1 Å². The molecule has 0 aliphatic carbocycles. The molecule has 0 atom stereocenters. The smallest absolute Gasteiger partial charge is 0.497 e. The van der Waals surface area contributed by atoms with Crippen molar-refractivity contribution in [2.75, 3.05) is 12.4 Å². The minimum absolute atomic E-state index is 0.304. The predicted molar refractivity (Wildman–Crippen MR) is 112 cm³/mol. The summed E-state index contributed by atoms with van der Waals surface area (Å²) >= 11 is 0. The molecule has 1 N–H and O–H groups in total. The molecule has 32 heavy (non-hydrogen) atoms. The van der Waals surface area contributed by atoms with Crippen molar-refractivity contribution in [3.8, 4) is 11.5 Å². The van der Waals surface area contributed by atoms with Crippen molar-refractivity contribution in [3.63, 3.8) is 0 Å². The zero-order chi connectivity index (χ0) is 22.9. The van der Waals surface area contributed by atoms with Crippen molar-refractivity contribution in [1.82, 2.24) is 8.96 Å². The van der Waals surface area contributed by atoms with Gasteiger partial charge in [0.2, 0.25) is 0 Å². The van der Waals surface area contributed by atoms with Crippen LogP contribution in [0.5, 0.6) is 11.5 Å². The van der Waals surface area contributed by atoms with Crippen molar-refractivity contribution in [2.24, 2.45) is 0 Å². The number of halogens is 3. The van der Waals surface area contributed by atoms with E-state index < -0.39 is 22.1 Å². The number of benzene rings is 2. The van der Waals surface area contributed by atoms with E-state index in [0.717, 1.165) is 16.1 Å². The molecule has 4 aromatic rings. The third-order valence-electron chi connectivity index (χ3n) is 4.50. The lowest BCUT2D eigenvalue weighted by Crippen LogP contribution is -2.18. The van der Waals surface area contributed by atoms with Gasteiger partial charge in [0.25, 0.3) is 10.0 Å². The minimum atomic E-state index is -4.93. The second kappa shape index (κ2) is 8.08. The van der Waals surface area contributed by atoms with Crippen LogP contribution >= 0.6 is 0 Å². The summed E-state index contributed by atoms with van der Waals surface area (Å²) in [6, 6.07) is 14.4. The lowest BCUT2D eigenvalue weighted by Gasteiger charge is -2.12. The summed E-state index contributed by atoms with van der Waals surface area (Å²) in [5, 5.41) is 3.61. The number of rotatable bonds is 6. The monoisotopic (exact) mass is 463 g/mol. The Morgan fingerprint density at radius 2 is 1.75 bits per heavy atom. The number of alkyl halides is 3. The van der Waals surface area contributed by atoms with Gasteiger partial charge in [-0.2, -0.15) is 0 Å². The quantitative estimate of drug-likeness (QED) is 0.437. The number of anilines is 2. The van der Waals surface area contributed by atoms with Gasteiger partial charge in [-0.15, -0.1) is 13.2 Å². The number of aromatic nitrogens is 2. The van der Waals surface area contributed by atoms with Gasteiger partial charge in [-0.1, -0.05) is 6.07 Å². The zero-order valence-corrected chi connectivity index (χ0v) is 17.3.